The van der Waals surface area contributed by atoms with E-state index in [1.54, 1.807) is 35.3 Å². The van der Waals surface area contributed by atoms with Crippen LogP contribution >= 0.6 is 11.6 Å². The lowest BCUT2D eigenvalue weighted by Gasteiger charge is -2.11. The van der Waals surface area contributed by atoms with Gasteiger partial charge >= 0.3 is 0 Å². The Hall–Kier alpha value is -2.86. The summed E-state index contributed by atoms with van der Waals surface area (Å²) in [5.41, 5.74) is 2.97. The third-order valence-corrected chi connectivity index (χ3v) is 3.95. The molecule has 0 bridgehead atoms. The summed E-state index contributed by atoms with van der Waals surface area (Å²) >= 11 is 5.99. The molecular weight excluding hydrogens is 340 g/mol. The molecular formula is C18H17ClN4O2. The van der Waals surface area contributed by atoms with E-state index in [9.17, 15) is 4.79 Å². The molecule has 25 heavy (non-hydrogen) atoms. The minimum atomic E-state index is -0.264. The number of aromatic nitrogens is 3. The molecule has 0 aliphatic carbocycles. The minimum absolute atomic E-state index is 0.264. The van der Waals surface area contributed by atoms with Gasteiger partial charge in [0.2, 0.25) is 0 Å². The lowest BCUT2D eigenvalue weighted by molar-refractivity contribution is 0.0948. The predicted molar refractivity (Wildman–Crippen MR) is 95.6 cm³/mol. The molecule has 128 valence electrons. The van der Waals surface area contributed by atoms with Crippen LogP contribution in [0.1, 0.15) is 15.9 Å². The monoisotopic (exact) mass is 356 g/mol. The largest absolute Gasteiger partial charge is 0.496 e. The summed E-state index contributed by atoms with van der Waals surface area (Å²) in [4.78, 5) is 16.9. The van der Waals surface area contributed by atoms with Gasteiger partial charge in [0.25, 0.3) is 5.91 Å². The highest BCUT2D eigenvalue weighted by Crippen LogP contribution is 2.23. The molecule has 0 saturated carbocycles. The molecule has 0 saturated heterocycles. The molecule has 7 heteroatoms. The van der Waals surface area contributed by atoms with Crippen molar-refractivity contribution in [2.45, 2.75) is 6.54 Å². The molecule has 0 spiro atoms. The number of nitrogens with zero attached hydrogens (tertiary/aromatic N) is 3. The van der Waals surface area contributed by atoms with Gasteiger partial charge in [-0.15, -0.1) is 0 Å². The standard InChI is InChI=1S/C18H17ClN4O2/c1-23-11-13(10-22-23)17-12(4-3-7-20-17)9-21-18(24)15-8-14(19)5-6-16(15)25-2/h3-8,10-11H,9H2,1-2H3,(H,21,24). The Bertz CT molecular complexity index is 908. The van der Waals surface area contributed by atoms with Gasteiger partial charge in [0.05, 0.1) is 24.6 Å². The van der Waals surface area contributed by atoms with Crippen molar-refractivity contribution in [3.05, 3.63) is 65.1 Å². The molecule has 1 N–H and O–H groups in total. The number of methoxy groups -OCH3 is 1. The predicted octanol–water partition coefficient (Wildman–Crippen LogP) is 3.07. The normalized spacial score (nSPS) is 10.5. The van der Waals surface area contributed by atoms with Crippen LogP contribution < -0.4 is 10.1 Å². The second-order valence-corrected chi connectivity index (χ2v) is 5.88. The quantitative estimate of drug-likeness (QED) is 0.762. The molecule has 0 aliphatic heterocycles. The van der Waals surface area contributed by atoms with Gasteiger partial charge in [-0.05, 0) is 29.8 Å². The minimum Gasteiger partial charge on any atom is -0.496 e. The number of pyridine rings is 1. The van der Waals surface area contributed by atoms with Gasteiger partial charge in [-0.25, -0.2) is 0 Å². The van der Waals surface area contributed by atoms with E-state index in [0.29, 0.717) is 22.9 Å². The zero-order valence-corrected chi connectivity index (χ0v) is 14.6. The van der Waals surface area contributed by atoms with Crippen LogP contribution in [-0.4, -0.2) is 27.8 Å². The number of nitrogens with one attached hydrogen (secondary N) is 1. The Morgan fingerprint density at radius 1 is 1.36 bits per heavy atom. The van der Waals surface area contributed by atoms with Crippen molar-refractivity contribution in [3.8, 4) is 17.0 Å². The number of carbonyl (C=O) groups is 1. The first kappa shape index (κ1) is 17.0. The van der Waals surface area contributed by atoms with Gasteiger partial charge < -0.3 is 10.1 Å². The molecule has 3 aromatic rings. The molecule has 0 unspecified atom stereocenters. The zero-order chi connectivity index (χ0) is 17.8. The maximum Gasteiger partial charge on any atom is 0.255 e. The first-order valence-corrected chi connectivity index (χ1v) is 8.01. The SMILES string of the molecule is COc1ccc(Cl)cc1C(=O)NCc1cccnc1-c1cnn(C)c1. The van der Waals surface area contributed by atoms with Crippen LogP contribution in [-0.2, 0) is 13.6 Å². The number of ether oxygens (including phenoxy) is 1. The molecule has 1 amide bonds. The van der Waals surface area contributed by atoms with Crippen LogP contribution in [0, 0.1) is 0 Å². The van der Waals surface area contributed by atoms with E-state index in [-0.39, 0.29) is 5.91 Å². The number of hydrogen-bond donors (Lipinski definition) is 1. The molecule has 0 aliphatic rings. The Kier molecular flexibility index (Phi) is 5.00. The third kappa shape index (κ3) is 3.80. The summed E-state index contributed by atoms with van der Waals surface area (Å²) in [6.45, 7) is 0.326. The van der Waals surface area contributed by atoms with E-state index in [2.05, 4.69) is 15.4 Å². The van der Waals surface area contributed by atoms with E-state index in [1.165, 1.54) is 7.11 Å². The van der Waals surface area contributed by atoms with Gasteiger partial charge in [-0.3, -0.25) is 14.5 Å². The first-order valence-electron chi connectivity index (χ1n) is 7.63. The zero-order valence-electron chi connectivity index (χ0n) is 13.9. The van der Waals surface area contributed by atoms with Crippen molar-refractivity contribution < 1.29 is 9.53 Å². The highest BCUT2D eigenvalue weighted by Gasteiger charge is 2.14. The lowest BCUT2D eigenvalue weighted by atomic mass is 10.1. The summed E-state index contributed by atoms with van der Waals surface area (Å²) in [5, 5.41) is 7.53. The van der Waals surface area contributed by atoms with Crippen molar-refractivity contribution in [1.29, 1.82) is 0 Å². The highest BCUT2D eigenvalue weighted by atomic mass is 35.5. The van der Waals surface area contributed by atoms with E-state index in [4.69, 9.17) is 16.3 Å². The first-order chi connectivity index (χ1) is 12.1. The fourth-order valence-electron chi connectivity index (χ4n) is 2.51. The van der Waals surface area contributed by atoms with Crippen LogP contribution in [0.15, 0.2) is 48.9 Å². The third-order valence-electron chi connectivity index (χ3n) is 3.72. The molecule has 0 atom stereocenters. The highest BCUT2D eigenvalue weighted by molar-refractivity contribution is 6.31. The van der Waals surface area contributed by atoms with Gasteiger partial charge in [0.15, 0.2) is 0 Å². The van der Waals surface area contributed by atoms with Crippen LogP contribution in [0.4, 0.5) is 0 Å². The van der Waals surface area contributed by atoms with Gasteiger partial charge in [0.1, 0.15) is 5.75 Å². The van der Waals surface area contributed by atoms with Crippen molar-refractivity contribution >= 4 is 17.5 Å². The van der Waals surface area contributed by atoms with Crippen molar-refractivity contribution in [3.63, 3.8) is 0 Å². The van der Waals surface area contributed by atoms with E-state index >= 15 is 0 Å². The number of carbonyl (C=O) groups excluding carboxylic acids is 1. The lowest BCUT2D eigenvalue weighted by Crippen LogP contribution is -2.23. The number of hydrogen-bond acceptors (Lipinski definition) is 4. The fraction of sp³-hybridized carbons (Fsp3) is 0.167. The summed E-state index contributed by atoms with van der Waals surface area (Å²) in [6, 6.07) is 8.69. The summed E-state index contributed by atoms with van der Waals surface area (Å²) in [6.07, 6.45) is 5.34. The fourth-order valence-corrected chi connectivity index (χ4v) is 2.69. The number of benzene rings is 1. The van der Waals surface area contributed by atoms with Crippen LogP contribution in [0.3, 0.4) is 0 Å². The second-order valence-electron chi connectivity index (χ2n) is 5.44. The Balaban J connectivity index is 1.81. The Morgan fingerprint density at radius 2 is 2.20 bits per heavy atom. The Morgan fingerprint density at radius 3 is 2.92 bits per heavy atom. The average molecular weight is 357 g/mol. The number of aryl methyl sites for hydroxylation is 1. The van der Waals surface area contributed by atoms with Gasteiger partial charge in [0, 0.05) is 36.6 Å². The topological polar surface area (TPSA) is 69.0 Å². The van der Waals surface area contributed by atoms with E-state index in [1.807, 2.05) is 25.4 Å². The van der Waals surface area contributed by atoms with Crippen molar-refractivity contribution in [2.24, 2.45) is 7.05 Å². The maximum atomic E-state index is 12.5. The number of halogens is 1. The van der Waals surface area contributed by atoms with Crippen LogP contribution in [0.5, 0.6) is 5.75 Å². The smallest absolute Gasteiger partial charge is 0.255 e. The summed E-state index contributed by atoms with van der Waals surface area (Å²) in [5.74, 6) is 0.209. The second kappa shape index (κ2) is 7.36. The van der Waals surface area contributed by atoms with Crippen LogP contribution in [0.2, 0.25) is 5.02 Å². The molecule has 0 fully saturated rings. The van der Waals surface area contributed by atoms with Crippen molar-refractivity contribution in [1.82, 2.24) is 20.1 Å². The summed E-state index contributed by atoms with van der Waals surface area (Å²) < 4.78 is 6.94. The molecule has 2 heterocycles. The van der Waals surface area contributed by atoms with E-state index < -0.39 is 0 Å². The summed E-state index contributed by atoms with van der Waals surface area (Å²) in [7, 11) is 3.36. The maximum absolute atomic E-state index is 12.5. The van der Waals surface area contributed by atoms with E-state index in [0.717, 1.165) is 16.8 Å². The molecule has 2 aromatic heterocycles. The number of rotatable bonds is 5. The molecule has 6 nitrogen and oxygen atoms in total. The number of amides is 1. The van der Waals surface area contributed by atoms with Crippen molar-refractivity contribution in [2.75, 3.05) is 7.11 Å². The molecule has 0 radical (unpaired) electrons. The average Bonchev–Trinajstić information content (AvgIpc) is 3.06. The van der Waals surface area contributed by atoms with Crippen LogP contribution in [0.25, 0.3) is 11.3 Å². The Labute approximate surface area is 150 Å². The van der Waals surface area contributed by atoms with Gasteiger partial charge in [-0.2, -0.15) is 5.10 Å². The molecule has 1 aromatic carbocycles. The van der Waals surface area contributed by atoms with Gasteiger partial charge in [-0.1, -0.05) is 17.7 Å². The molecule has 3 rings (SSSR count).